The molecule has 0 fully saturated rings. The second-order valence-corrected chi connectivity index (χ2v) is 4.06. The molecule has 0 heterocycles. The van der Waals surface area contributed by atoms with Gasteiger partial charge in [-0.3, -0.25) is 0 Å². The molecule has 0 aromatic heterocycles. The van der Waals surface area contributed by atoms with Gasteiger partial charge in [-0.15, -0.1) is 0 Å². The van der Waals surface area contributed by atoms with Crippen molar-refractivity contribution < 1.29 is 4.74 Å². The SMILES string of the molecule is CCCCCNCCc1cccc(OC)c1. The average Bonchev–Trinajstić information content (AvgIpc) is 2.34. The lowest BCUT2D eigenvalue weighted by Gasteiger charge is -2.06. The van der Waals surface area contributed by atoms with Gasteiger partial charge in [0.05, 0.1) is 7.11 Å². The number of methoxy groups -OCH3 is 1. The van der Waals surface area contributed by atoms with Crippen LogP contribution in [0.2, 0.25) is 0 Å². The van der Waals surface area contributed by atoms with Crippen molar-refractivity contribution in [1.29, 1.82) is 0 Å². The van der Waals surface area contributed by atoms with E-state index in [1.54, 1.807) is 7.11 Å². The van der Waals surface area contributed by atoms with Crippen LogP contribution in [0.5, 0.6) is 5.75 Å². The Kier molecular flexibility index (Phi) is 6.66. The van der Waals surface area contributed by atoms with E-state index in [0.29, 0.717) is 0 Å². The lowest BCUT2D eigenvalue weighted by Crippen LogP contribution is -2.18. The molecule has 16 heavy (non-hydrogen) atoms. The summed E-state index contributed by atoms with van der Waals surface area (Å²) >= 11 is 0. The van der Waals surface area contributed by atoms with Gasteiger partial charge in [-0.25, -0.2) is 0 Å². The molecule has 0 radical (unpaired) electrons. The Hall–Kier alpha value is -1.02. The second-order valence-electron chi connectivity index (χ2n) is 4.06. The summed E-state index contributed by atoms with van der Waals surface area (Å²) in [5.41, 5.74) is 1.34. The van der Waals surface area contributed by atoms with E-state index in [0.717, 1.165) is 25.3 Å². The zero-order valence-corrected chi connectivity index (χ0v) is 10.5. The van der Waals surface area contributed by atoms with Crippen molar-refractivity contribution in [3.63, 3.8) is 0 Å². The number of nitrogens with one attached hydrogen (secondary N) is 1. The molecule has 0 amide bonds. The van der Waals surface area contributed by atoms with Crippen LogP contribution in [0.4, 0.5) is 0 Å². The second kappa shape index (κ2) is 8.17. The highest BCUT2D eigenvalue weighted by Gasteiger charge is 1.95. The summed E-state index contributed by atoms with van der Waals surface area (Å²) in [6, 6.07) is 8.29. The van der Waals surface area contributed by atoms with E-state index in [9.17, 15) is 0 Å². The maximum Gasteiger partial charge on any atom is 0.119 e. The van der Waals surface area contributed by atoms with E-state index in [1.807, 2.05) is 12.1 Å². The van der Waals surface area contributed by atoms with Gasteiger partial charge in [-0.2, -0.15) is 0 Å². The van der Waals surface area contributed by atoms with Crippen LogP contribution in [-0.4, -0.2) is 20.2 Å². The van der Waals surface area contributed by atoms with Gasteiger partial charge in [0.2, 0.25) is 0 Å². The van der Waals surface area contributed by atoms with Gasteiger partial charge in [0.25, 0.3) is 0 Å². The Balaban J connectivity index is 2.16. The minimum Gasteiger partial charge on any atom is -0.497 e. The predicted octanol–water partition coefficient (Wildman–Crippen LogP) is 3.02. The highest BCUT2D eigenvalue weighted by Crippen LogP contribution is 2.12. The molecule has 0 saturated heterocycles. The maximum atomic E-state index is 5.19. The molecule has 1 rings (SSSR count). The van der Waals surface area contributed by atoms with Gasteiger partial charge in [-0.1, -0.05) is 31.9 Å². The Morgan fingerprint density at radius 1 is 1.19 bits per heavy atom. The first kappa shape index (κ1) is 13.0. The van der Waals surface area contributed by atoms with Gasteiger partial charge in [0.15, 0.2) is 0 Å². The van der Waals surface area contributed by atoms with Crippen LogP contribution >= 0.6 is 0 Å². The van der Waals surface area contributed by atoms with Crippen LogP contribution in [0.15, 0.2) is 24.3 Å². The standard InChI is InChI=1S/C14H23NO/c1-3-4-5-10-15-11-9-13-7-6-8-14(12-13)16-2/h6-8,12,15H,3-5,9-11H2,1-2H3. The molecular weight excluding hydrogens is 198 g/mol. The highest BCUT2D eigenvalue weighted by molar-refractivity contribution is 5.28. The van der Waals surface area contributed by atoms with E-state index in [-0.39, 0.29) is 0 Å². The molecule has 0 bridgehead atoms. The molecule has 2 nitrogen and oxygen atoms in total. The van der Waals surface area contributed by atoms with Crippen molar-refractivity contribution in [2.24, 2.45) is 0 Å². The Bertz CT molecular complexity index is 286. The molecule has 90 valence electrons. The number of hydrogen-bond acceptors (Lipinski definition) is 2. The Morgan fingerprint density at radius 3 is 2.81 bits per heavy atom. The third kappa shape index (κ3) is 5.17. The number of unbranched alkanes of at least 4 members (excludes halogenated alkanes) is 2. The molecule has 0 atom stereocenters. The van der Waals surface area contributed by atoms with Gasteiger partial charge < -0.3 is 10.1 Å². The van der Waals surface area contributed by atoms with Crippen molar-refractivity contribution in [3.05, 3.63) is 29.8 Å². The van der Waals surface area contributed by atoms with E-state index in [1.165, 1.54) is 24.8 Å². The van der Waals surface area contributed by atoms with Crippen LogP contribution in [0.3, 0.4) is 0 Å². The first-order valence-corrected chi connectivity index (χ1v) is 6.20. The third-order valence-electron chi connectivity index (χ3n) is 2.68. The van der Waals surface area contributed by atoms with E-state index in [2.05, 4.69) is 24.4 Å². The Labute approximate surface area is 99.0 Å². The van der Waals surface area contributed by atoms with Crippen LogP contribution < -0.4 is 10.1 Å². The minimum atomic E-state index is 0.948. The van der Waals surface area contributed by atoms with Crippen LogP contribution in [0.1, 0.15) is 31.7 Å². The molecule has 0 aliphatic rings. The van der Waals surface area contributed by atoms with Crippen LogP contribution in [-0.2, 0) is 6.42 Å². The van der Waals surface area contributed by atoms with E-state index >= 15 is 0 Å². The van der Waals surface area contributed by atoms with Gasteiger partial charge >= 0.3 is 0 Å². The van der Waals surface area contributed by atoms with Crippen molar-refractivity contribution in [2.45, 2.75) is 32.6 Å². The number of rotatable bonds is 8. The number of benzene rings is 1. The summed E-state index contributed by atoms with van der Waals surface area (Å²) in [4.78, 5) is 0. The zero-order valence-electron chi connectivity index (χ0n) is 10.5. The van der Waals surface area contributed by atoms with Crippen molar-refractivity contribution in [1.82, 2.24) is 5.32 Å². The lowest BCUT2D eigenvalue weighted by molar-refractivity contribution is 0.414. The van der Waals surface area contributed by atoms with Gasteiger partial charge in [0.1, 0.15) is 5.75 Å². The fourth-order valence-corrected chi connectivity index (χ4v) is 1.69. The van der Waals surface area contributed by atoms with Crippen LogP contribution in [0, 0.1) is 0 Å². The summed E-state index contributed by atoms with van der Waals surface area (Å²) in [5, 5.41) is 3.47. The normalized spacial score (nSPS) is 10.4. The topological polar surface area (TPSA) is 21.3 Å². The summed E-state index contributed by atoms with van der Waals surface area (Å²) in [5.74, 6) is 0.948. The summed E-state index contributed by atoms with van der Waals surface area (Å²) in [6.07, 6.45) is 4.97. The summed E-state index contributed by atoms with van der Waals surface area (Å²) in [7, 11) is 1.71. The molecule has 0 unspecified atom stereocenters. The summed E-state index contributed by atoms with van der Waals surface area (Å²) < 4.78 is 5.19. The van der Waals surface area contributed by atoms with Crippen molar-refractivity contribution in [3.8, 4) is 5.75 Å². The maximum absolute atomic E-state index is 5.19. The molecule has 0 aliphatic carbocycles. The highest BCUT2D eigenvalue weighted by atomic mass is 16.5. The van der Waals surface area contributed by atoms with Crippen molar-refractivity contribution >= 4 is 0 Å². The fourth-order valence-electron chi connectivity index (χ4n) is 1.69. The molecular formula is C14H23NO. The first-order chi connectivity index (χ1) is 7.86. The summed E-state index contributed by atoms with van der Waals surface area (Å²) in [6.45, 7) is 4.42. The molecule has 1 aromatic carbocycles. The number of ether oxygens (including phenoxy) is 1. The smallest absolute Gasteiger partial charge is 0.119 e. The van der Waals surface area contributed by atoms with Gasteiger partial charge in [0, 0.05) is 0 Å². The first-order valence-electron chi connectivity index (χ1n) is 6.20. The molecule has 1 N–H and O–H groups in total. The van der Waals surface area contributed by atoms with Crippen molar-refractivity contribution in [2.75, 3.05) is 20.2 Å². The largest absolute Gasteiger partial charge is 0.497 e. The van der Waals surface area contributed by atoms with Crippen LogP contribution in [0.25, 0.3) is 0 Å². The molecule has 1 aromatic rings. The van der Waals surface area contributed by atoms with E-state index < -0.39 is 0 Å². The molecule has 2 heteroatoms. The molecule has 0 aliphatic heterocycles. The minimum absolute atomic E-state index is 0.948. The fraction of sp³-hybridized carbons (Fsp3) is 0.571. The number of hydrogen-bond donors (Lipinski definition) is 1. The quantitative estimate of drug-likeness (QED) is 0.681. The monoisotopic (exact) mass is 221 g/mol. The predicted molar refractivity (Wildman–Crippen MR) is 69.1 cm³/mol. The Morgan fingerprint density at radius 2 is 2.06 bits per heavy atom. The average molecular weight is 221 g/mol. The third-order valence-corrected chi connectivity index (χ3v) is 2.68. The molecule has 0 saturated carbocycles. The van der Waals surface area contributed by atoms with Gasteiger partial charge in [-0.05, 0) is 43.6 Å². The molecule has 0 spiro atoms. The lowest BCUT2D eigenvalue weighted by atomic mass is 10.1. The van der Waals surface area contributed by atoms with E-state index in [4.69, 9.17) is 4.74 Å². The zero-order chi connectivity index (χ0) is 11.6.